The quantitative estimate of drug-likeness (QED) is 0.753. The number of amides is 3. The molecule has 0 aliphatic carbocycles. The molecule has 8 nitrogen and oxygen atoms in total. The molecular formula is C20H25N3O5S. The normalized spacial score (nSPS) is 18.8. The van der Waals surface area contributed by atoms with Gasteiger partial charge in [-0.25, -0.2) is 4.79 Å². The van der Waals surface area contributed by atoms with Gasteiger partial charge in [0, 0.05) is 31.7 Å². The number of nitrogens with zero attached hydrogens (tertiary/aromatic N) is 2. The summed E-state index contributed by atoms with van der Waals surface area (Å²) in [6.07, 6.45) is 1.38. The van der Waals surface area contributed by atoms with E-state index in [0.29, 0.717) is 36.8 Å². The second-order valence-corrected chi connectivity index (χ2v) is 8.72. The van der Waals surface area contributed by atoms with Gasteiger partial charge < -0.3 is 19.3 Å². The summed E-state index contributed by atoms with van der Waals surface area (Å²) in [6.45, 7) is 7.74. The summed E-state index contributed by atoms with van der Waals surface area (Å²) in [5, 5.41) is 1.89. The number of para-hydroxylation sites is 1. The number of benzene rings is 1. The smallest absolute Gasteiger partial charge is 0.410 e. The highest BCUT2D eigenvalue weighted by molar-refractivity contribution is 8.18. The highest BCUT2D eigenvalue weighted by Gasteiger charge is 2.29. The lowest BCUT2D eigenvalue weighted by molar-refractivity contribution is -0.115. The van der Waals surface area contributed by atoms with E-state index < -0.39 is 11.5 Å². The van der Waals surface area contributed by atoms with E-state index in [9.17, 15) is 14.4 Å². The minimum Gasteiger partial charge on any atom is -0.495 e. The van der Waals surface area contributed by atoms with Gasteiger partial charge in [0.05, 0.1) is 17.7 Å². The summed E-state index contributed by atoms with van der Waals surface area (Å²) < 4.78 is 11.0. The predicted molar refractivity (Wildman–Crippen MR) is 112 cm³/mol. The third-order valence-electron chi connectivity index (χ3n) is 4.43. The van der Waals surface area contributed by atoms with Gasteiger partial charge in [0.15, 0.2) is 0 Å². The van der Waals surface area contributed by atoms with Crippen LogP contribution >= 0.6 is 11.8 Å². The first-order valence-corrected chi connectivity index (χ1v) is 10.1. The summed E-state index contributed by atoms with van der Waals surface area (Å²) in [7, 11) is 1.59. The van der Waals surface area contributed by atoms with Crippen LogP contribution in [0.3, 0.4) is 0 Å². The number of methoxy groups -OCH3 is 1. The number of hydrogen-bond donors (Lipinski definition) is 1. The fraction of sp³-hybridized carbons (Fsp3) is 0.450. The molecule has 9 heteroatoms. The lowest BCUT2D eigenvalue weighted by Gasteiger charge is -2.37. The number of hydrogen-bond acceptors (Lipinski definition) is 7. The van der Waals surface area contributed by atoms with Crippen LogP contribution in [0.25, 0.3) is 6.08 Å². The Morgan fingerprint density at radius 3 is 2.41 bits per heavy atom. The van der Waals surface area contributed by atoms with Crippen molar-refractivity contribution < 1.29 is 23.9 Å². The first-order valence-electron chi connectivity index (χ1n) is 9.32. The van der Waals surface area contributed by atoms with Crippen LogP contribution in [-0.2, 0) is 9.53 Å². The highest BCUT2D eigenvalue weighted by atomic mass is 32.2. The van der Waals surface area contributed by atoms with Crippen LogP contribution in [0.2, 0.25) is 0 Å². The molecule has 0 saturated carbocycles. The predicted octanol–water partition coefficient (Wildman–Crippen LogP) is 3.08. The van der Waals surface area contributed by atoms with E-state index >= 15 is 0 Å². The first kappa shape index (κ1) is 21.0. The van der Waals surface area contributed by atoms with Crippen molar-refractivity contribution in [1.29, 1.82) is 0 Å². The third kappa shape index (κ3) is 5.03. The maximum atomic E-state index is 12.3. The molecule has 0 aromatic heterocycles. The highest BCUT2D eigenvalue weighted by Crippen LogP contribution is 2.36. The van der Waals surface area contributed by atoms with E-state index in [-0.39, 0.29) is 11.3 Å². The molecule has 2 fully saturated rings. The van der Waals surface area contributed by atoms with E-state index in [1.165, 1.54) is 0 Å². The minimum absolute atomic E-state index is 0.322. The Labute approximate surface area is 174 Å². The Morgan fingerprint density at radius 1 is 1.17 bits per heavy atom. The second kappa shape index (κ2) is 8.36. The molecule has 0 unspecified atom stereocenters. The topological polar surface area (TPSA) is 88.2 Å². The molecule has 0 bridgehead atoms. The Balaban J connectivity index is 1.81. The van der Waals surface area contributed by atoms with Gasteiger partial charge in [-0.15, -0.1) is 0 Å². The number of thioether (sulfide) groups is 1. The van der Waals surface area contributed by atoms with Crippen molar-refractivity contribution in [1.82, 2.24) is 10.2 Å². The largest absolute Gasteiger partial charge is 0.495 e. The van der Waals surface area contributed by atoms with Crippen molar-refractivity contribution in [3.8, 4) is 5.75 Å². The van der Waals surface area contributed by atoms with E-state index in [1.807, 2.05) is 39.0 Å². The lowest BCUT2D eigenvalue weighted by Crippen LogP contribution is -2.50. The summed E-state index contributed by atoms with van der Waals surface area (Å²) in [5.74, 6) is 0.267. The zero-order valence-corrected chi connectivity index (χ0v) is 17.8. The van der Waals surface area contributed by atoms with Gasteiger partial charge >= 0.3 is 6.09 Å². The molecule has 3 amide bonds. The number of ether oxygens (including phenoxy) is 2. The number of carbonyl (C=O) groups is 3. The fourth-order valence-corrected chi connectivity index (χ4v) is 3.83. The fourth-order valence-electron chi connectivity index (χ4n) is 3.16. The molecule has 0 atom stereocenters. The number of piperazine rings is 1. The van der Waals surface area contributed by atoms with Crippen LogP contribution < -0.4 is 15.0 Å². The van der Waals surface area contributed by atoms with Crippen LogP contribution in [0, 0.1) is 0 Å². The number of nitrogens with one attached hydrogen (secondary N) is 1. The number of anilines is 1. The average molecular weight is 420 g/mol. The van der Waals surface area contributed by atoms with Crippen molar-refractivity contribution in [3.05, 3.63) is 28.7 Å². The van der Waals surface area contributed by atoms with Crippen LogP contribution in [0.1, 0.15) is 26.3 Å². The summed E-state index contributed by atoms with van der Waals surface area (Å²) in [6, 6.07) is 5.57. The molecule has 1 aromatic carbocycles. The van der Waals surface area contributed by atoms with E-state index in [0.717, 1.165) is 23.0 Å². The number of carbonyl (C=O) groups excluding carboxylic acids is 3. The van der Waals surface area contributed by atoms with Gasteiger partial charge in [-0.1, -0.05) is 12.1 Å². The Kier molecular flexibility index (Phi) is 6.07. The molecule has 2 saturated heterocycles. The molecular weight excluding hydrogens is 394 g/mol. The Hall–Kier alpha value is -2.68. The molecule has 2 heterocycles. The molecule has 3 rings (SSSR count). The van der Waals surface area contributed by atoms with Crippen molar-refractivity contribution in [2.75, 3.05) is 38.2 Å². The van der Waals surface area contributed by atoms with Crippen LogP contribution in [0.4, 0.5) is 15.3 Å². The maximum absolute atomic E-state index is 12.3. The van der Waals surface area contributed by atoms with Gasteiger partial charge in [-0.3, -0.25) is 14.9 Å². The monoisotopic (exact) mass is 419 g/mol. The van der Waals surface area contributed by atoms with Gasteiger partial charge in [0.2, 0.25) is 0 Å². The Morgan fingerprint density at radius 2 is 1.86 bits per heavy atom. The lowest BCUT2D eigenvalue weighted by atomic mass is 10.1. The van der Waals surface area contributed by atoms with Gasteiger partial charge in [0.1, 0.15) is 11.4 Å². The van der Waals surface area contributed by atoms with Crippen molar-refractivity contribution >= 4 is 40.8 Å². The van der Waals surface area contributed by atoms with E-state index in [2.05, 4.69) is 10.2 Å². The van der Waals surface area contributed by atoms with Crippen molar-refractivity contribution in [3.63, 3.8) is 0 Å². The summed E-state index contributed by atoms with van der Waals surface area (Å²) in [5.41, 5.74) is 1.08. The standard InChI is InChI=1S/C20H25N3O5S/c1-20(2,3)28-19(26)23-10-8-22(9-11-23)16-13(6-5-7-14(16)27-4)12-15-17(24)21-18(25)29-15/h5-7,12H,8-11H2,1-4H3,(H,21,24,25). The molecule has 2 aliphatic heterocycles. The van der Waals surface area contributed by atoms with Crippen LogP contribution in [-0.4, -0.2) is 61.0 Å². The average Bonchev–Trinajstić information content (AvgIpc) is 2.97. The van der Waals surface area contributed by atoms with E-state index in [4.69, 9.17) is 9.47 Å². The minimum atomic E-state index is -0.535. The third-order valence-corrected chi connectivity index (χ3v) is 5.24. The molecule has 156 valence electrons. The number of imide groups is 1. The van der Waals surface area contributed by atoms with Crippen LogP contribution in [0.5, 0.6) is 5.75 Å². The zero-order valence-electron chi connectivity index (χ0n) is 17.0. The second-order valence-electron chi connectivity index (χ2n) is 7.70. The molecule has 29 heavy (non-hydrogen) atoms. The number of rotatable bonds is 3. The molecule has 1 N–H and O–H groups in total. The SMILES string of the molecule is COc1cccc(C=C2SC(=O)NC2=O)c1N1CCN(C(=O)OC(C)(C)C)CC1. The molecule has 1 aromatic rings. The Bertz CT molecular complexity index is 854. The molecule has 2 aliphatic rings. The molecule has 0 radical (unpaired) electrons. The van der Waals surface area contributed by atoms with Gasteiger partial charge in [-0.05, 0) is 44.7 Å². The van der Waals surface area contributed by atoms with Crippen LogP contribution in [0.15, 0.2) is 23.1 Å². The summed E-state index contributed by atoms with van der Waals surface area (Å²) in [4.78, 5) is 39.9. The van der Waals surface area contributed by atoms with Gasteiger partial charge in [0.25, 0.3) is 11.1 Å². The molecule has 0 spiro atoms. The van der Waals surface area contributed by atoms with Gasteiger partial charge in [-0.2, -0.15) is 0 Å². The van der Waals surface area contributed by atoms with Crippen molar-refractivity contribution in [2.45, 2.75) is 26.4 Å². The zero-order chi connectivity index (χ0) is 21.2. The summed E-state index contributed by atoms with van der Waals surface area (Å²) >= 11 is 0.880. The first-order chi connectivity index (χ1) is 13.7. The van der Waals surface area contributed by atoms with Crippen molar-refractivity contribution in [2.24, 2.45) is 0 Å². The van der Waals surface area contributed by atoms with E-state index in [1.54, 1.807) is 18.1 Å². The maximum Gasteiger partial charge on any atom is 0.410 e.